The molecule has 0 aliphatic carbocycles. The van der Waals surface area contributed by atoms with Crippen LogP contribution in [0.1, 0.15) is 44.4 Å². The average molecular weight is 291 g/mol. The maximum absolute atomic E-state index is 5.51. The molecule has 0 amide bonds. The minimum atomic E-state index is 0.0345. The van der Waals surface area contributed by atoms with E-state index in [1.807, 2.05) is 12.4 Å². The highest BCUT2D eigenvalue weighted by atomic mass is 16.5. The molecule has 0 spiro atoms. The molecule has 1 aliphatic rings. The van der Waals surface area contributed by atoms with E-state index in [9.17, 15) is 0 Å². The van der Waals surface area contributed by atoms with E-state index in [-0.39, 0.29) is 11.6 Å². The van der Waals surface area contributed by atoms with Crippen molar-refractivity contribution in [1.82, 2.24) is 15.2 Å². The zero-order chi connectivity index (χ0) is 15.3. The predicted octanol–water partition coefficient (Wildman–Crippen LogP) is 2.54. The van der Waals surface area contributed by atoms with Gasteiger partial charge < -0.3 is 10.1 Å². The number of aryl methyl sites for hydroxylation is 1. The summed E-state index contributed by atoms with van der Waals surface area (Å²) < 4.78 is 5.51. The van der Waals surface area contributed by atoms with Crippen molar-refractivity contribution in [3.05, 3.63) is 29.6 Å². The minimum absolute atomic E-state index is 0.0345. The van der Waals surface area contributed by atoms with E-state index < -0.39 is 0 Å². The van der Waals surface area contributed by atoms with Crippen LogP contribution in [0.5, 0.6) is 0 Å². The van der Waals surface area contributed by atoms with E-state index >= 15 is 0 Å². The smallest absolute Gasteiger partial charge is 0.0594 e. The Morgan fingerprint density at radius 1 is 1.38 bits per heavy atom. The van der Waals surface area contributed by atoms with Crippen molar-refractivity contribution < 1.29 is 4.74 Å². The molecule has 1 fully saturated rings. The van der Waals surface area contributed by atoms with Crippen LogP contribution < -0.4 is 5.32 Å². The Bertz CT molecular complexity index is 441. The first kappa shape index (κ1) is 16.4. The SMILES string of the molecule is CCCNC(c1cnccc1C)C(C)(C)N1CCOCC1. The molecule has 0 aromatic carbocycles. The molecule has 1 aromatic rings. The number of morpholine rings is 1. The first-order valence-corrected chi connectivity index (χ1v) is 8.04. The van der Waals surface area contributed by atoms with Gasteiger partial charge in [-0.1, -0.05) is 6.92 Å². The molecule has 1 N–H and O–H groups in total. The van der Waals surface area contributed by atoms with Crippen molar-refractivity contribution in [1.29, 1.82) is 0 Å². The minimum Gasteiger partial charge on any atom is -0.379 e. The van der Waals surface area contributed by atoms with E-state index in [4.69, 9.17) is 4.74 Å². The molecular weight excluding hydrogens is 262 g/mol. The molecular formula is C17H29N3O. The summed E-state index contributed by atoms with van der Waals surface area (Å²) in [5, 5.41) is 3.74. The van der Waals surface area contributed by atoms with Crippen molar-refractivity contribution in [2.24, 2.45) is 0 Å². The van der Waals surface area contributed by atoms with Gasteiger partial charge in [0.25, 0.3) is 0 Å². The highest BCUT2D eigenvalue weighted by Crippen LogP contribution is 2.33. The molecule has 1 unspecified atom stereocenters. The first-order chi connectivity index (χ1) is 10.1. The van der Waals surface area contributed by atoms with Gasteiger partial charge in [0, 0.05) is 31.0 Å². The zero-order valence-electron chi connectivity index (χ0n) is 13.9. The lowest BCUT2D eigenvalue weighted by atomic mass is 9.85. The number of nitrogens with one attached hydrogen (secondary N) is 1. The van der Waals surface area contributed by atoms with Gasteiger partial charge >= 0.3 is 0 Å². The number of ether oxygens (including phenoxy) is 1. The molecule has 0 radical (unpaired) electrons. The molecule has 0 saturated carbocycles. The molecule has 1 atom stereocenters. The summed E-state index contributed by atoms with van der Waals surface area (Å²) in [5.74, 6) is 0. The quantitative estimate of drug-likeness (QED) is 0.874. The lowest BCUT2D eigenvalue weighted by Crippen LogP contribution is -2.56. The third kappa shape index (κ3) is 3.82. The highest BCUT2D eigenvalue weighted by molar-refractivity contribution is 5.28. The lowest BCUT2D eigenvalue weighted by molar-refractivity contribution is -0.0239. The van der Waals surface area contributed by atoms with Crippen LogP contribution in [0.4, 0.5) is 0 Å². The largest absolute Gasteiger partial charge is 0.379 e. The average Bonchev–Trinajstić information content (AvgIpc) is 2.50. The maximum Gasteiger partial charge on any atom is 0.0594 e. The molecule has 21 heavy (non-hydrogen) atoms. The van der Waals surface area contributed by atoms with Gasteiger partial charge in [0.1, 0.15) is 0 Å². The fourth-order valence-electron chi connectivity index (χ4n) is 3.13. The van der Waals surface area contributed by atoms with Gasteiger partial charge in [0.2, 0.25) is 0 Å². The summed E-state index contributed by atoms with van der Waals surface area (Å²) in [6.45, 7) is 13.7. The summed E-state index contributed by atoms with van der Waals surface area (Å²) in [5.41, 5.74) is 2.65. The van der Waals surface area contributed by atoms with Gasteiger partial charge in [-0.15, -0.1) is 0 Å². The van der Waals surface area contributed by atoms with Crippen molar-refractivity contribution in [2.45, 2.75) is 45.7 Å². The molecule has 2 rings (SSSR count). The van der Waals surface area contributed by atoms with Gasteiger partial charge in [0.15, 0.2) is 0 Å². The number of hydrogen-bond donors (Lipinski definition) is 1. The van der Waals surface area contributed by atoms with Gasteiger partial charge in [-0.2, -0.15) is 0 Å². The molecule has 1 saturated heterocycles. The molecule has 4 nitrogen and oxygen atoms in total. The van der Waals surface area contributed by atoms with Crippen molar-refractivity contribution in [3.63, 3.8) is 0 Å². The Hall–Kier alpha value is -0.970. The monoisotopic (exact) mass is 291 g/mol. The molecule has 0 bridgehead atoms. The number of rotatable bonds is 6. The summed E-state index contributed by atoms with van der Waals surface area (Å²) in [6, 6.07) is 2.38. The second-order valence-corrected chi connectivity index (χ2v) is 6.37. The molecule has 1 aliphatic heterocycles. The van der Waals surface area contributed by atoms with Gasteiger partial charge in [-0.3, -0.25) is 9.88 Å². The molecule has 118 valence electrons. The number of pyridine rings is 1. The summed E-state index contributed by atoms with van der Waals surface area (Å²) in [4.78, 5) is 6.89. The topological polar surface area (TPSA) is 37.4 Å². The van der Waals surface area contributed by atoms with Crippen LogP contribution >= 0.6 is 0 Å². The Kier molecular flexibility index (Phi) is 5.73. The second-order valence-electron chi connectivity index (χ2n) is 6.37. The van der Waals surface area contributed by atoms with Crippen LogP contribution in [0.2, 0.25) is 0 Å². The van der Waals surface area contributed by atoms with Crippen molar-refractivity contribution >= 4 is 0 Å². The Morgan fingerprint density at radius 2 is 2.10 bits per heavy atom. The fraction of sp³-hybridized carbons (Fsp3) is 0.706. The van der Waals surface area contributed by atoms with Crippen molar-refractivity contribution in [2.75, 3.05) is 32.8 Å². The lowest BCUT2D eigenvalue weighted by Gasteiger charge is -2.46. The maximum atomic E-state index is 5.51. The van der Waals surface area contributed by atoms with Crippen LogP contribution in [0.15, 0.2) is 18.5 Å². The predicted molar refractivity (Wildman–Crippen MR) is 86.5 cm³/mol. The second kappa shape index (κ2) is 7.34. The van der Waals surface area contributed by atoms with E-state index in [1.165, 1.54) is 11.1 Å². The first-order valence-electron chi connectivity index (χ1n) is 8.04. The van der Waals surface area contributed by atoms with Gasteiger partial charge in [-0.05, 0) is 50.9 Å². The van der Waals surface area contributed by atoms with Crippen LogP contribution in [0, 0.1) is 6.92 Å². The normalized spacial score (nSPS) is 18.7. The highest BCUT2D eigenvalue weighted by Gasteiger charge is 2.37. The van der Waals surface area contributed by atoms with Gasteiger partial charge in [-0.25, -0.2) is 0 Å². The van der Waals surface area contributed by atoms with E-state index in [0.717, 1.165) is 39.3 Å². The number of hydrogen-bond acceptors (Lipinski definition) is 4. The summed E-state index contributed by atoms with van der Waals surface area (Å²) in [6.07, 6.45) is 5.03. The number of nitrogens with zero attached hydrogens (tertiary/aromatic N) is 2. The molecule has 2 heterocycles. The van der Waals surface area contributed by atoms with Crippen LogP contribution in [0.3, 0.4) is 0 Å². The Labute approximate surface area is 128 Å². The van der Waals surface area contributed by atoms with E-state index in [1.54, 1.807) is 0 Å². The third-order valence-electron chi connectivity index (χ3n) is 4.52. The Morgan fingerprint density at radius 3 is 2.71 bits per heavy atom. The fourth-order valence-corrected chi connectivity index (χ4v) is 3.13. The standard InChI is InChI=1S/C17H29N3O/c1-5-7-19-16(15-13-18-8-6-14(15)2)17(3,4)20-9-11-21-12-10-20/h6,8,13,16,19H,5,7,9-12H2,1-4H3. The summed E-state index contributed by atoms with van der Waals surface area (Å²) in [7, 11) is 0. The van der Waals surface area contributed by atoms with Crippen LogP contribution in [0.25, 0.3) is 0 Å². The van der Waals surface area contributed by atoms with Crippen LogP contribution in [-0.2, 0) is 4.74 Å². The van der Waals surface area contributed by atoms with Crippen LogP contribution in [-0.4, -0.2) is 48.3 Å². The van der Waals surface area contributed by atoms with E-state index in [0.29, 0.717) is 0 Å². The zero-order valence-corrected chi connectivity index (χ0v) is 13.9. The van der Waals surface area contributed by atoms with E-state index in [2.05, 4.69) is 49.0 Å². The Balaban J connectivity index is 2.27. The number of aromatic nitrogens is 1. The van der Waals surface area contributed by atoms with Crippen molar-refractivity contribution in [3.8, 4) is 0 Å². The molecule has 1 aromatic heterocycles. The third-order valence-corrected chi connectivity index (χ3v) is 4.52. The summed E-state index contributed by atoms with van der Waals surface area (Å²) >= 11 is 0. The molecule has 4 heteroatoms. The van der Waals surface area contributed by atoms with Gasteiger partial charge in [0.05, 0.1) is 19.3 Å².